The van der Waals surface area contributed by atoms with Gasteiger partial charge in [-0.1, -0.05) is 42.5 Å². The molecule has 23 heavy (non-hydrogen) atoms. The second-order valence-corrected chi connectivity index (χ2v) is 5.67. The van der Waals surface area contributed by atoms with Crippen molar-refractivity contribution in [3.05, 3.63) is 64.9 Å². The van der Waals surface area contributed by atoms with Gasteiger partial charge in [0, 0.05) is 16.0 Å². The minimum atomic E-state index is -0.814. The second-order valence-electron chi connectivity index (χ2n) is 4.70. The molecule has 2 aromatic carbocycles. The molecule has 0 fully saturated rings. The Morgan fingerprint density at radius 3 is 2.61 bits per heavy atom. The Bertz CT molecular complexity index is 867. The van der Waals surface area contributed by atoms with Crippen molar-refractivity contribution >= 4 is 45.8 Å². The predicted molar refractivity (Wildman–Crippen MR) is 92.6 cm³/mol. The van der Waals surface area contributed by atoms with Gasteiger partial charge in [-0.25, -0.2) is 5.43 Å². The van der Waals surface area contributed by atoms with Gasteiger partial charge in [0.25, 0.3) is 0 Å². The summed E-state index contributed by atoms with van der Waals surface area (Å²) >= 11 is 1.49. The fourth-order valence-electron chi connectivity index (χ4n) is 2.08. The molecule has 1 aromatic heterocycles. The Morgan fingerprint density at radius 2 is 1.78 bits per heavy atom. The third-order valence-electron chi connectivity index (χ3n) is 3.15. The van der Waals surface area contributed by atoms with Crippen LogP contribution in [0.2, 0.25) is 0 Å². The van der Waals surface area contributed by atoms with E-state index >= 15 is 0 Å². The van der Waals surface area contributed by atoms with Crippen LogP contribution in [0, 0.1) is 0 Å². The number of thiophene rings is 1. The van der Waals surface area contributed by atoms with E-state index < -0.39 is 11.8 Å². The van der Waals surface area contributed by atoms with Gasteiger partial charge in [-0.2, -0.15) is 5.10 Å². The van der Waals surface area contributed by atoms with Crippen LogP contribution in [0.1, 0.15) is 4.88 Å². The zero-order valence-corrected chi connectivity index (χ0v) is 12.8. The first-order chi connectivity index (χ1) is 11.2. The summed E-state index contributed by atoms with van der Waals surface area (Å²) < 4.78 is 0. The fourth-order valence-corrected chi connectivity index (χ4v) is 2.67. The van der Waals surface area contributed by atoms with Crippen molar-refractivity contribution in [2.24, 2.45) is 5.10 Å². The number of nitrogens with zero attached hydrogens (tertiary/aromatic N) is 1. The Balaban J connectivity index is 1.67. The number of hydrazone groups is 1. The first kappa shape index (κ1) is 14.9. The van der Waals surface area contributed by atoms with Gasteiger partial charge in [0.15, 0.2) is 0 Å². The third kappa shape index (κ3) is 3.61. The molecule has 0 atom stereocenters. The molecule has 0 saturated heterocycles. The van der Waals surface area contributed by atoms with E-state index in [1.807, 2.05) is 53.9 Å². The van der Waals surface area contributed by atoms with Crippen molar-refractivity contribution in [1.82, 2.24) is 5.43 Å². The zero-order valence-electron chi connectivity index (χ0n) is 12.0. The lowest BCUT2D eigenvalue weighted by atomic mass is 10.1. The van der Waals surface area contributed by atoms with Gasteiger partial charge in [-0.15, -0.1) is 11.3 Å². The van der Waals surface area contributed by atoms with E-state index in [1.165, 1.54) is 17.6 Å². The van der Waals surface area contributed by atoms with Crippen molar-refractivity contribution in [3.8, 4) is 0 Å². The van der Waals surface area contributed by atoms with Gasteiger partial charge < -0.3 is 5.32 Å². The summed E-state index contributed by atoms with van der Waals surface area (Å²) in [6.07, 6.45) is 1.49. The van der Waals surface area contributed by atoms with Crippen LogP contribution in [0.3, 0.4) is 0 Å². The largest absolute Gasteiger partial charge is 0.329 e. The number of anilines is 1. The summed E-state index contributed by atoms with van der Waals surface area (Å²) in [5.74, 6) is -1.57. The maximum atomic E-state index is 12.0. The van der Waals surface area contributed by atoms with Crippen LogP contribution < -0.4 is 10.7 Å². The normalized spacial score (nSPS) is 10.8. The molecule has 0 unspecified atom stereocenters. The van der Waals surface area contributed by atoms with Crippen molar-refractivity contribution in [1.29, 1.82) is 0 Å². The SMILES string of the molecule is O=C(N/N=C/c1cccs1)C(=O)Nc1cccc2ccccc12. The van der Waals surface area contributed by atoms with Gasteiger partial charge in [0.05, 0.1) is 6.21 Å². The van der Waals surface area contributed by atoms with E-state index in [-0.39, 0.29) is 0 Å². The molecule has 0 aliphatic rings. The van der Waals surface area contributed by atoms with Crippen LogP contribution in [0.4, 0.5) is 5.69 Å². The lowest BCUT2D eigenvalue weighted by Crippen LogP contribution is -2.32. The zero-order chi connectivity index (χ0) is 16.1. The van der Waals surface area contributed by atoms with E-state index in [0.29, 0.717) is 5.69 Å². The monoisotopic (exact) mass is 323 g/mol. The second kappa shape index (κ2) is 6.85. The molecule has 0 aliphatic carbocycles. The predicted octanol–water partition coefficient (Wildman–Crippen LogP) is 2.99. The Morgan fingerprint density at radius 1 is 0.957 bits per heavy atom. The average Bonchev–Trinajstić information content (AvgIpc) is 3.08. The number of fused-ring (bicyclic) bond motifs is 1. The highest BCUT2D eigenvalue weighted by molar-refractivity contribution is 7.11. The molecule has 114 valence electrons. The quantitative estimate of drug-likeness (QED) is 0.442. The highest BCUT2D eigenvalue weighted by Gasteiger charge is 2.14. The number of carbonyl (C=O) groups is 2. The number of amides is 2. The van der Waals surface area contributed by atoms with Crippen LogP contribution in [-0.2, 0) is 9.59 Å². The molecular weight excluding hydrogens is 310 g/mol. The van der Waals surface area contributed by atoms with Crippen LogP contribution >= 0.6 is 11.3 Å². The highest BCUT2D eigenvalue weighted by atomic mass is 32.1. The molecule has 0 saturated carbocycles. The highest BCUT2D eigenvalue weighted by Crippen LogP contribution is 2.22. The van der Waals surface area contributed by atoms with E-state index in [2.05, 4.69) is 15.8 Å². The topological polar surface area (TPSA) is 70.6 Å². The lowest BCUT2D eigenvalue weighted by molar-refractivity contribution is -0.136. The molecule has 0 radical (unpaired) electrons. The fraction of sp³-hybridized carbons (Fsp3) is 0. The van der Waals surface area contributed by atoms with Crippen molar-refractivity contribution in [2.75, 3.05) is 5.32 Å². The molecule has 1 heterocycles. The molecule has 6 heteroatoms. The van der Waals surface area contributed by atoms with Gasteiger partial charge in [-0.3, -0.25) is 9.59 Å². The van der Waals surface area contributed by atoms with Gasteiger partial charge in [0.2, 0.25) is 0 Å². The summed E-state index contributed by atoms with van der Waals surface area (Å²) in [4.78, 5) is 24.6. The number of rotatable bonds is 3. The summed E-state index contributed by atoms with van der Waals surface area (Å²) in [6.45, 7) is 0. The lowest BCUT2D eigenvalue weighted by Gasteiger charge is -2.07. The van der Waals surface area contributed by atoms with E-state index in [0.717, 1.165) is 15.6 Å². The van der Waals surface area contributed by atoms with Crippen molar-refractivity contribution < 1.29 is 9.59 Å². The number of carbonyl (C=O) groups excluding carboxylic acids is 2. The molecule has 0 spiro atoms. The summed E-state index contributed by atoms with van der Waals surface area (Å²) in [5.41, 5.74) is 2.80. The molecule has 2 amide bonds. The van der Waals surface area contributed by atoms with Gasteiger partial charge >= 0.3 is 11.8 Å². The Kier molecular flexibility index (Phi) is 4.44. The van der Waals surface area contributed by atoms with Crippen LogP contribution in [-0.4, -0.2) is 18.0 Å². The third-order valence-corrected chi connectivity index (χ3v) is 3.95. The summed E-state index contributed by atoms with van der Waals surface area (Å²) in [5, 5.41) is 10.1. The molecule has 2 N–H and O–H groups in total. The summed E-state index contributed by atoms with van der Waals surface area (Å²) in [7, 11) is 0. The molecule has 0 bridgehead atoms. The number of hydrogen-bond acceptors (Lipinski definition) is 4. The Hall–Kier alpha value is -2.99. The number of benzene rings is 2. The molecule has 3 aromatic rings. The standard InChI is InChI=1S/C17H13N3O2S/c21-16(17(22)20-18-11-13-7-4-10-23-13)19-15-9-3-6-12-5-1-2-8-14(12)15/h1-11H,(H,19,21)(H,20,22)/b18-11+. The molecule has 3 rings (SSSR count). The van der Waals surface area contributed by atoms with Gasteiger partial charge in [0.1, 0.15) is 0 Å². The number of nitrogens with one attached hydrogen (secondary N) is 2. The van der Waals surface area contributed by atoms with Crippen LogP contribution in [0.5, 0.6) is 0 Å². The van der Waals surface area contributed by atoms with E-state index in [4.69, 9.17) is 0 Å². The maximum Gasteiger partial charge on any atom is 0.329 e. The maximum absolute atomic E-state index is 12.0. The average molecular weight is 323 g/mol. The van der Waals surface area contributed by atoms with E-state index in [1.54, 1.807) is 6.07 Å². The minimum Gasteiger partial charge on any atom is -0.317 e. The van der Waals surface area contributed by atoms with Crippen LogP contribution in [0.15, 0.2) is 65.1 Å². The first-order valence-corrected chi connectivity index (χ1v) is 7.77. The smallest absolute Gasteiger partial charge is 0.317 e. The van der Waals surface area contributed by atoms with Gasteiger partial charge in [-0.05, 0) is 22.9 Å². The van der Waals surface area contributed by atoms with Crippen LogP contribution in [0.25, 0.3) is 10.8 Å². The van der Waals surface area contributed by atoms with E-state index in [9.17, 15) is 9.59 Å². The molecule has 5 nitrogen and oxygen atoms in total. The minimum absolute atomic E-state index is 0.588. The Labute approximate surface area is 136 Å². The first-order valence-electron chi connectivity index (χ1n) is 6.90. The number of hydrogen-bond donors (Lipinski definition) is 2. The van der Waals surface area contributed by atoms with Crippen molar-refractivity contribution in [2.45, 2.75) is 0 Å². The summed E-state index contributed by atoms with van der Waals surface area (Å²) in [6, 6.07) is 16.9. The molecule has 0 aliphatic heterocycles. The van der Waals surface area contributed by atoms with Crippen molar-refractivity contribution in [3.63, 3.8) is 0 Å². The molecular formula is C17H13N3O2S.